The first-order valence-corrected chi connectivity index (χ1v) is 47.0. The summed E-state index contributed by atoms with van der Waals surface area (Å²) < 4.78 is 5.44. The molecule has 4 aromatic carbocycles. The van der Waals surface area contributed by atoms with E-state index in [1.165, 1.54) is 74.1 Å². The number of benzene rings is 4. The molecule has 15 heterocycles. The van der Waals surface area contributed by atoms with Crippen molar-refractivity contribution in [2.75, 3.05) is 136 Å². The highest BCUT2D eigenvalue weighted by atomic mass is 35.5. The number of morpholine rings is 1. The second-order valence-electron chi connectivity index (χ2n) is 34.4. The van der Waals surface area contributed by atoms with Gasteiger partial charge in [0.2, 0.25) is 23.8 Å². The van der Waals surface area contributed by atoms with Crippen LogP contribution in [0.2, 0.25) is 15.1 Å². The number of hydrogen-bond acceptors (Lipinski definition) is 25. The average Bonchev–Trinajstić information content (AvgIpc) is 1.41. The van der Waals surface area contributed by atoms with Gasteiger partial charge in [0, 0.05) is 183 Å². The number of nitrogens with zero attached hydrogens (tertiary/aromatic N) is 16. The molecule has 0 unspecified atom stereocenters. The Kier molecular flexibility index (Phi) is 30.3. The molecule has 3 fully saturated rings. The molecule has 0 saturated carbocycles. The molecule has 0 radical (unpaired) electrons. The largest absolute Gasteiger partial charge is 0.379 e. The zero-order valence-corrected chi connectivity index (χ0v) is 80.2. The van der Waals surface area contributed by atoms with Crippen LogP contribution in [0.15, 0.2) is 140 Å². The van der Waals surface area contributed by atoms with Gasteiger partial charge < -0.3 is 62.0 Å². The number of aryl methyl sites for hydroxylation is 7. The average molecular weight is 1870 g/mol. The van der Waals surface area contributed by atoms with Crippen LogP contribution in [0, 0.1) is 47.5 Å². The van der Waals surface area contributed by atoms with Crippen LogP contribution in [0.4, 0.5) is 69.3 Å². The second-order valence-corrected chi connectivity index (χ2v) is 37.7. The monoisotopic (exact) mass is 1870 g/mol. The van der Waals surface area contributed by atoms with E-state index in [4.69, 9.17) is 118 Å². The summed E-state index contributed by atoms with van der Waals surface area (Å²) in [6.07, 6.45) is 23.9. The number of fused-ring (bicyclic) bond motifs is 12. The molecule has 670 valence electrons. The summed E-state index contributed by atoms with van der Waals surface area (Å²) in [5.74, 6) is 2.89. The van der Waals surface area contributed by atoms with Gasteiger partial charge in [-0.3, -0.25) is 24.8 Å². The Bertz CT molecular complexity index is 6240. The number of thiocarbonyl (C=S) groups is 4. The number of anilines is 12. The van der Waals surface area contributed by atoms with Crippen molar-refractivity contribution in [2.45, 2.75) is 125 Å². The van der Waals surface area contributed by atoms with Crippen molar-refractivity contribution in [3.8, 4) is 45.0 Å². The van der Waals surface area contributed by atoms with Gasteiger partial charge in [0.05, 0.1) is 101 Å². The molecule has 0 amide bonds. The van der Waals surface area contributed by atoms with Gasteiger partial charge in [-0.1, -0.05) is 95.8 Å². The molecule has 12 aromatic rings. The van der Waals surface area contributed by atoms with Crippen LogP contribution in [0.3, 0.4) is 0 Å². The molecule has 0 atom stereocenters. The first-order chi connectivity index (χ1) is 62.8. The van der Waals surface area contributed by atoms with Crippen LogP contribution >= 0.6 is 83.7 Å². The fourth-order valence-corrected chi connectivity index (χ4v) is 18.5. The Morgan fingerprint density at radius 1 is 0.415 bits per heavy atom. The maximum atomic E-state index is 6.20. The third-order valence-corrected chi connectivity index (χ3v) is 25.8. The van der Waals surface area contributed by atoms with Crippen LogP contribution in [-0.2, 0) is 56.1 Å². The lowest BCUT2D eigenvalue weighted by atomic mass is 9.92. The van der Waals surface area contributed by atoms with Crippen LogP contribution in [0.1, 0.15) is 111 Å². The quantitative estimate of drug-likeness (QED) is 0.0329. The number of nitrogens with one attached hydrogen (secondary N) is 8. The molecule has 19 rings (SSSR count). The smallest absolute Gasteiger partial charge is 0.227 e. The number of halogens is 3. The number of piperidine rings is 1. The number of rotatable bonds is 20. The predicted molar refractivity (Wildman–Crippen MR) is 544 cm³/mol. The molecule has 0 bridgehead atoms. The minimum atomic E-state index is 0.533. The summed E-state index contributed by atoms with van der Waals surface area (Å²) in [5, 5.41) is 28.7. The van der Waals surface area contributed by atoms with Crippen LogP contribution in [-0.4, -0.2) is 193 Å². The summed E-state index contributed by atoms with van der Waals surface area (Å²) in [6, 6.07) is 34.2. The number of ether oxygens (including phenoxy) is 1. The molecule has 25 nitrogen and oxygen atoms in total. The summed E-state index contributed by atoms with van der Waals surface area (Å²) in [7, 11) is 6.39. The van der Waals surface area contributed by atoms with E-state index in [9.17, 15) is 0 Å². The summed E-state index contributed by atoms with van der Waals surface area (Å²) in [5.41, 5.74) is 29.4. The lowest BCUT2D eigenvalue weighted by Crippen LogP contribution is -2.37. The van der Waals surface area contributed by atoms with Gasteiger partial charge >= 0.3 is 0 Å². The summed E-state index contributed by atoms with van der Waals surface area (Å²) >= 11 is 40.6. The first kappa shape index (κ1) is 92.5. The number of aromatic nitrogens is 12. The molecule has 7 aliphatic rings. The van der Waals surface area contributed by atoms with Crippen LogP contribution in [0.5, 0.6) is 0 Å². The van der Waals surface area contributed by atoms with E-state index < -0.39 is 0 Å². The lowest BCUT2D eigenvalue weighted by Gasteiger charge is -2.28. The van der Waals surface area contributed by atoms with Crippen molar-refractivity contribution in [3.63, 3.8) is 0 Å². The third kappa shape index (κ3) is 23.9. The normalized spacial score (nSPS) is 15.2. The Balaban J connectivity index is 0.000000127. The first-order valence-electron chi connectivity index (χ1n) is 44.3. The molecule has 3 saturated heterocycles. The van der Waals surface area contributed by atoms with Crippen molar-refractivity contribution < 1.29 is 4.74 Å². The summed E-state index contributed by atoms with van der Waals surface area (Å²) in [6.45, 7) is 23.7. The fraction of sp³-hybridized carbons (Fsp3) is 0.347. The second kappa shape index (κ2) is 42.6. The van der Waals surface area contributed by atoms with Crippen LogP contribution < -0.4 is 42.5 Å². The van der Waals surface area contributed by atoms with Crippen molar-refractivity contribution in [3.05, 3.63) is 234 Å². The Hall–Kier alpha value is -10.8. The van der Waals surface area contributed by atoms with Crippen LogP contribution in [0.25, 0.3) is 45.0 Å². The molecule has 8 N–H and O–H groups in total. The van der Waals surface area contributed by atoms with E-state index in [2.05, 4.69) is 176 Å². The fourth-order valence-electron chi connectivity index (χ4n) is 17.0. The number of pyridine rings is 4. The van der Waals surface area contributed by atoms with E-state index in [0.29, 0.717) is 70.5 Å². The molecule has 32 heteroatoms. The van der Waals surface area contributed by atoms with Crippen molar-refractivity contribution in [1.82, 2.24) is 79.4 Å². The van der Waals surface area contributed by atoms with Gasteiger partial charge in [0.1, 0.15) is 0 Å². The van der Waals surface area contributed by atoms with E-state index in [0.717, 1.165) is 245 Å². The minimum Gasteiger partial charge on any atom is -0.379 e. The van der Waals surface area contributed by atoms with Gasteiger partial charge in [-0.05, 0) is 272 Å². The molecular formula is C98H107Cl3N24OS4. The molecule has 8 aromatic heterocycles. The standard InChI is InChI=1S/C25H27ClN6S.C25H28N6OS.C24H25ClN6S.C24H27ClN6S/c1-15-21(6-4-19(28-15)11-16-7-9-32(2)10-8-16)30-25-27-14-17-12-23(33)29-22-13-18(26)3-5-20(22)24(17)31-25;1-16-3-4-20-22(11-16)28-23(33)13-19-15-27-25(30-24(19)20)29-21-12-18(14-26-17(21)2)5-6-31-7-9-32-10-8-31;1-15-20(10-16(13-26-15)6-9-31-7-2-3-8-31)29-24-27-14-17-11-22(32)28-21-12-18(25)4-5-19(21)23(17)30-24;1-14-16(6-5-9-31(3)4)10-20(15(2)27-14)29-24-26-13-17-11-22(32)28-21-12-18(25)7-8-19(21)23(17)30-24/h3-6,13-14,16H,7-12H2,1-2H3,(H,29,33)(H,27,30,31);3-4,11-12,14-15H,5-10,13H2,1-2H3,(H,28,33)(H,27,29,30);4-5,10,12-14H,2-3,6-9,11H2,1H3,(H,28,32)(H,27,29,30);7-8,10,12-13H,5-6,9,11H2,1-4H3,(H,28,32)(H,26,29,30). The highest BCUT2D eigenvalue weighted by Gasteiger charge is 2.28. The van der Waals surface area contributed by atoms with Gasteiger partial charge in [0.25, 0.3) is 0 Å². The van der Waals surface area contributed by atoms with E-state index >= 15 is 0 Å². The third-order valence-electron chi connectivity index (χ3n) is 24.1. The molecule has 0 aliphatic carbocycles. The van der Waals surface area contributed by atoms with Crippen molar-refractivity contribution >= 4 is 173 Å². The highest BCUT2D eigenvalue weighted by molar-refractivity contribution is 7.81. The lowest BCUT2D eigenvalue weighted by molar-refractivity contribution is 0.0384. The molecule has 130 heavy (non-hydrogen) atoms. The Labute approximate surface area is 796 Å². The Morgan fingerprint density at radius 2 is 0.815 bits per heavy atom. The topological polar surface area (TPSA) is 273 Å². The maximum absolute atomic E-state index is 6.20. The molecule has 7 aliphatic heterocycles. The van der Waals surface area contributed by atoms with E-state index in [-0.39, 0.29) is 0 Å². The predicted octanol–water partition coefficient (Wildman–Crippen LogP) is 20.0. The highest BCUT2D eigenvalue weighted by Crippen LogP contribution is 2.41. The number of likely N-dealkylation sites (tertiary alicyclic amines) is 2. The summed E-state index contributed by atoms with van der Waals surface area (Å²) in [4.78, 5) is 69.0. The zero-order valence-electron chi connectivity index (χ0n) is 74.7. The van der Waals surface area contributed by atoms with Gasteiger partial charge in [0.15, 0.2) is 0 Å². The van der Waals surface area contributed by atoms with Crippen molar-refractivity contribution in [1.29, 1.82) is 0 Å². The minimum absolute atomic E-state index is 0.533. The SMILES string of the molecule is Cc1ccc2c(c1)NC(=S)Cc1cnc(Nc3cc(CCN4CCOCC4)cnc3C)nc1-2.Cc1nc(C)c(Nc2ncc3c(n2)-c2ccc(Cl)cc2NC(=S)C3)cc1CCCN(C)C.Cc1nc(CC2CCN(C)CC2)ccc1Nc1ncc2c(n1)-c1ccc(Cl)cc1NC(=S)C2.Cc1ncc(CCN2CCCC2)cc1Nc1ncc2c(n1)-c1ccc(Cl)cc1NC(=S)C2. The van der Waals surface area contributed by atoms with E-state index in [1.54, 1.807) is 0 Å². The van der Waals surface area contributed by atoms with Crippen molar-refractivity contribution in [2.24, 2.45) is 5.92 Å². The van der Waals surface area contributed by atoms with Gasteiger partial charge in [-0.25, -0.2) is 39.9 Å². The number of hydrogen-bond donors (Lipinski definition) is 8. The van der Waals surface area contributed by atoms with Gasteiger partial charge in [-0.2, -0.15) is 0 Å². The zero-order chi connectivity index (χ0) is 90.6. The maximum Gasteiger partial charge on any atom is 0.227 e. The molecular weight excluding hydrogens is 1760 g/mol. The molecule has 0 spiro atoms. The van der Waals surface area contributed by atoms with Gasteiger partial charge in [-0.15, -0.1) is 0 Å². The Morgan fingerprint density at radius 3 is 1.25 bits per heavy atom. The van der Waals surface area contributed by atoms with E-state index in [1.807, 2.05) is 119 Å².